The number of halogens is 1. The minimum Gasteiger partial charge on any atom is -0.324 e. The van der Waals surface area contributed by atoms with Crippen molar-refractivity contribution in [2.24, 2.45) is 5.73 Å². The van der Waals surface area contributed by atoms with E-state index in [1.165, 1.54) is 0 Å². The highest BCUT2D eigenvalue weighted by Gasteiger charge is 2.04. The number of hydrogen-bond acceptors (Lipinski definition) is 1. The number of hydrogen-bond donors (Lipinski definition) is 1. The van der Waals surface area contributed by atoms with E-state index in [4.69, 9.17) is 23.8 Å². The molecule has 0 bridgehead atoms. The van der Waals surface area contributed by atoms with Crippen molar-refractivity contribution in [3.05, 3.63) is 34.3 Å². The van der Waals surface area contributed by atoms with Gasteiger partial charge in [-0.2, -0.15) is 0 Å². The van der Waals surface area contributed by atoms with Crippen LogP contribution in [0.25, 0.3) is 0 Å². The van der Waals surface area contributed by atoms with Crippen LogP contribution in [0.5, 0.6) is 0 Å². The first kappa shape index (κ1) is 9.12. The highest BCUT2D eigenvalue weighted by atomic mass is 35.5. The maximum atomic E-state index is 5.93. The number of rotatable bonds is 1. The molecule has 0 aliphatic heterocycles. The van der Waals surface area contributed by atoms with Gasteiger partial charge in [-0.25, -0.2) is 0 Å². The Bertz CT molecular complexity index is 323. The Morgan fingerprint density at radius 1 is 1.58 bits per heavy atom. The molecule has 62 valence electrons. The fraction of sp³-hybridized carbons (Fsp3) is 0.200. The highest BCUT2D eigenvalue weighted by Crippen LogP contribution is 2.22. The Morgan fingerprint density at radius 3 is 2.67 bits per heavy atom. The van der Waals surface area contributed by atoms with Crippen molar-refractivity contribution < 1.29 is 0 Å². The molecule has 1 atom stereocenters. The number of terminal acetylenes is 1. The summed E-state index contributed by atoms with van der Waals surface area (Å²) in [6.07, 6.45) is 5.20. The van der Waals surface area contributed by atoms with Gasteiger partial charge in [0.2, 0.25) is 0 Å². The second-order valence-electron chi connectivity index (χ2n) is 2.67. The molecule has 1 unspecified atom stereocenters. The van der Waals surface area contributed by atoms with Crippen LogP contribution in [0.2, 0.25) is 5.02 Å². The molecule has 1 nitrogen and oxygen atoms in total. The molecule has 0 radical (unpaired) electrons. The lowest BCUT2D eigenvalue weighted by atomic mass is 10.1. The van der Waals surface area contributed by atoms with Crippen LogP contribution in [-0.4, -0.2) is 0 Å². The minimum atomic E-state index is -0.0516. The van der Waals surface area contributed by atoms with Gasteiger partial charge in [-0.15, -0.1) is 6.42 Å². The lowest BCUT2D eigenvalue weighted by Crippen LogP contribution is -2.05. The summed E-state index contributed by atoms with van der Waals surface area (Å²) in [5.74, 6) is 2.51. The summed E-state index contributed by atoms with van der Waals surface area (Å²) in [7, 11) is 0. The number of benzene rings is 1. The molecule has 1 rings (SSSR count). The van der Waals surface area contributed by atoms with E-state index in [2.05, 4.69) is 5.92 Å². The lowest BCUT2D eigenvalue weighted by molar-refractivity contribution is 0.818. The smallest absolute Gasteiger partial charge is 0.0466 e. The van der Waals surface area contributed by atoms with E-state index in [-0.39, 0.29) is 6.04 Å². The Balaban J connectivity index is 3.14. The van der Waals surface area contributed by atoms with Gasteiger partial charge in [-0.1, -0.05) is 23.6 Å². The van der Waals surface area contributed by atoms with Crippen molar-refractivity contribution in [3.63, 3.8) is 0 Å². The zero-order valence-electron chi connectivity index (χ0n) is 6.84. The molecule has 0 amide bonds. The predicted octanol–water partition coefficient (Wildman–Crippen LogP) is 2.34. The molecule has 0 aliphatic rings. The average molecular weight is 180 g/mol. The Kier molecular flexibility index (Phi) is 2.75. The van der Waals surface area contributed by atoms with Crippen molar-refractivity contribution in [3.8, 4) is 12.3 Å². The molecule has 2 heteroatoms. The van der Waals surface area contributed by atoms with Crippen LogP contribution in [0, 0.1) is 12.3 Å². The van der Waals surface area contributed by atoms with Crippen LogP contribution in [0.4, 0.5) is 0 Å². The fourth-order valence-electron chi connectivity index (χ4n) is 0.986. The third kappa shape index (κ3) is 1.79. The summed E-state index contributed by atoms with van der Waals surface area (Å²) < 4.78 is 0. The SMILES string of the molecule is C#Cc1ccc(C(C)N)c(Cl)c1. The van der Waals surface area contributed by atoms with Crippen LogP contribution in [0.3, 0.4) is 0 Å². The molecule has 0 aliphatic carbocycles. The second kappa shape index (κ2) is 3.62. The van der Waals surface area contributed by atoms with Crippen LogP contribution < -0.4 is 5.73 Å². The van der Waals surface area contributed by atoms with Crippen LogP contribution in [-0.2, 0) is 0 Å². The van der Waals surface area contributed by atoms with Gasteiger partial charge in [0.05, 0.1) is 0 Å². The van der Waals surface area contributed by atoms with Crippen molar-refractivity contribution in [2.75, 3.05) is 0 Å². The molecule has 0 saturated carbocycles. The maximum absolute atomic E-state index is 5.93. The molecule has 12 heavy (non-hydrogen) atoms. The summed E-state index contributed by atoms with van der Waals surface area (Å²) in [5.41, 5.74) is 7.38. The third-order valence-corrected chi connectivity index (χ3v) is 1.99. The van der Waals surface area contributed by atoms with Gasteiger partial charge in [0.15, 0.2) is 0 Å². The highest BCUT2D eigenvalue weighted by molar-refractivity contribution is 6.31. The fourth-order valence-corrected chi connectivity index (χ4v) is 1.34. The summed E-state index contributed by atoms with van der Waals surface area (Å²) >= 11 is 5.93. The molecule has 0 heterocycles. The Hall–Kier alpha value is -0.970. The summed E-state index contributed by atoms with van der Waals surface area (Å²) in [6.45, 7) is 1.89. The van der Waals surface area contributed by atoms with E-state index in [9.17, 15) is 0 Å². The van der Waals surface area contributed by atoms with Gasteiger partial charge in [0.25, 0.3) is 0 Å². The predicted molar refractivity (Wildman–Crippen MR) is 52.0 cm³/mol. The first-order valence-electron chi connectivity index (χ1n) is 3.67. The van der Waals surface area contributed by atoms with Gasteiger partial charge in [-0.3, -0.25) is 0 Å². The van der Waals surface area contributed by atoms with E-state index in [0.717, 1.165) is 11.1 Å². The number of nitrogens with two attached hydrogens (primary N) is 1. The Morgan fingerprint density at radius 2 is 2.25 bits per heavy atom. The van der Waals surface area contributed by atoms with Crippen molar-refractivity contribution in [1.82, 2.24) is 0 Å². The van der Waals surface area contributed by atoms with E-state index < -0.39 is 0 Å². The summed E-state index contributed by atoms with van der Waals surface area (Å²) in [5, 5.41) is 0.639. The van der Waals surface area contributed by atoms with Gasteiger partial charge < -0.3 is 5.73 Å². The molecule has 0 saturated heterocycles. The normalized spacial score (nSPS) is 12.2. The average Bonchev–Trinajstić information content (AvgIpc) is 2.03. The topological polar surface area (TPSA) is 26.0 Å². The molecular formula is C10H10ClN. The first-order chi connectivity index (χ1) is 5.65. The zero-order chi connectivity index (χ0) is 9.14. The molecule has 1 aromatic rings. The molecule has 0 spiro atoms. The van der Waals surface area contributed by atoms with E-state index >= 15 is 0 Å². The summed E-state index contributed by atoms with van der Waals surface area (Å²) in [4.78, 5) is 0. The van der Waals surface area contributed by atoms with Crippen molar-refractivity contribution >= 4 is 11.6 Å². The van der Waals surface area contributed by atoms with Crippen LogP contribution in [0.1, 0.15) is 24.1 Å². The monoisotopic (exact) mass is 179 g/mol. The third-order valence-electron chi connectivity index (χ3n) is 1.66. The van der Waals surface area contributed by atoms with E-state index in [0.29, 0.717) is 5.02 Å². The maximum Gasteiger partial charge on any atom is 0.0466 e. The van der Waals surface area contributed by atoms with E-state index in [1.807, 2.05) is 19.1 Å². The molecule has 1 aromatic carbocycles. The van der Waals surface area contributed by atoms with Crippen LogP contribution in [0.15, 0.2) is 18.2 Å². The quantitative estimate of drug-likeness (QED) is 0.658. The standard InChI is InChI=1S/C10H10ClN/c1-3-8-4-5-9(7(2)12)10(11)6-8/h1,4-7H,12H2,2H3. The minimum absolute atomic E-state index is 0.0516. The van der Waals surface area contributed by atoms with Gasteiger partial charge >= 0.3 is 0 Å². The molecular weight excluding hydrogens is 170 g/mol. The molecule has 0 fully saturated rings. The Labute approximate surface area is 77.5 Å². The molecule has 0 aromatic heterocycles. The molecule has 2 N–H and O–H groups in total. The van der Waals surface area contributed by atoms with Gasteiger partial charge in [0.1, 0.15) is 0 Å². The van der Waals surface area contributed by atoms with E-state index in [1.54, 1.807) is 6.07 Å². The zero-order valence-corrected chi connectivity index (χ0v) is 7.60. The summed E-state index contributed by atoms with van der Waals surface area (Å²) in [6, 6.07) is 5.40. The lowest BCUT2D eigenvalue weighted by Gasteiger charge is -2.07. The van der Waals surface area contributed by atoms with Gasteiger partial charge in [-0.05, 0) is 24.6 Å². The first-order valence-corrected chi connectivity index (χ1v) is 4.04. The van der Waals surface area contributed by atoms with Gasteiger partial charge in [0, 0.05) is 16.6 Å². The largest absolute Gasteiger partial charge is 0.324 e. The van der Waals surface area contributed by atoms with Crippen molar-refractivity contribution in [1.29, 1.82) is 0 Å². The second-order valence-corrected chi connectivity index (χ2v) is 3.08. The van der Waals surface area contributed by atoms with Crippen LogP contribution >= 0.6 is 11.6 Å². The van der Waals surface area contributed by atoms with Crippen molar-refractivity contribution in [2.45, 2.75) is 13.0 Å².